The second kappa shape index (κ2) is 5.66. The molecule has 0 aliphatic heterocycles. The Morgan fingerprint density at radius 2 is 1.56 bits per heavy atom. The summed E-state index contributed by atoms with van der Waals surface area (Å²) < 4.78 is 0. The van der Waals surface area contributed by atoms with Gasteiger partial charge in [0.05, 0.1) is 23.6 Å². The molecule has 0 bridgehead atoms. The first kappa shape index (κ1) is 11.9. The molecule has 0 saturated heterocycles. The normalized spacial score (nSPS) is 11.2. The van der Waals surface area contributed by atoms with E-state index >= 15 is 0 Å². The van der Waals surface area contributed by atoms with E-state index in [2.05, 4.69) is 12.1 Å². The van der Waals surface area contributed by atoms with Gasteiger partial charge in [-0.15, -0.1) is 0 Å². The number of nitrogens with zero attached hydrogens (tertiary/aromatic N) is 2. The molecule has 2 rings (SSSR count). The zero-order valence-electron chi connectivity index (χ0n) is 9.88. The van der Waals surface area contributed by atoms with Gasteiger partial charge >= 0.3 is 0 Å². The van der Waals surface area contributed by atoms with Crippen molar-refractivity contribution in [3.63, 3.8) is 0 Å². The van der Waals surface area contributed by atoms with E-state index in [1.807, 2.05) is 42.5 Å². The number of rotatable bonds is 3. The topological polar surface area (TPSA) is 47.6 Å². The lowest BCUT2D eigenvalue weighted by molar-refractivity contribution is 0.849. The van der Waals surface area contributed by atoms with Crippen molar-refractivity contribution in [1.82, 2.24) is 0 Å². The van der Waals surface area contributed by atoms with E-state index in [0.29, 0.717) is 12.0 Å². The molecule has 0 amide bonds. The summed E-state index contributed by atoms with van der Waals surface area (Å²) in [5.74, 6) is -0.140. The predicted molar refractivity (Wildman–Crippen MR) is 69.7 cm³/mol. The summed E-state index contributed by atoms with van der Waals surface area (Å²) >= 11 is 0. The van der Waals surface area contributed by atoms with Crippen molar-refractivity contribution < 1.29 is 0 Å². The van der Waals surface area contributed by atoms with E-state index in [1.165, 1.54) is 0 Å². The first-order chi connectivity index (χ1) is 8.83. The zero-order valence-corrected chi connectivity index (χ0v) is 9.88. The van der Waals surface area contributed by atoms with Gasteiger partial charge in [0.1, 0.15) is 0 Å². The first-order valence-electron chi connectivity index (χ1n) is 5.77. The molecule has 0 heterocycles. The fourth-order valence-corrected chi connectivity index (χ4v) is 1.87. The van der Waals surface area contributed by atoms with E-state index in [0.717, 1.165) is 11.1 Å². The summed E-state index contributed by atoms with van der Waals surface area (Å²) in [4.78, 5) is 0. The molecule has 0 fully saturated rings. The first-order valence-corrected chi connectivity index (χ1v) is 5.77. The molecule has 1 atom stereocenters. The Balaban J connectivity index is 2.17. The van der Waals surface area contributed by atoms with Gasteiger partial charge in [0, 0.05) is 0 Å². The van der Waals surface area contributed by atoms with Crippen molar-refractivity contribution in [3.05, 3.63) is 71.3 Å². The van der Waals surface area contributed by atoms with Gasteiger partial charge in [-0.3, -0.25) is 0 Å². The summed E-state index contributed by atoms with van der Waals surface area (Å²) in [6.45, 7) is 0. The van der Waals surface area contributed by atoms with Crippen LogP contribution in [-0.4, -0.2) is 0 Å². The lowest BCUT2D eigenvalue weighted by Gasteiger charge is -2.09. The molecule has 0 spiro atoms. The molecule has 0 aromatic heterocycles. The summed E-state index contributed by atoms with van der Waals surface area (Å²) in [6.07, 6.45) is 0.673. The van der Waals surface area contributed by atoms with E-state index in [9.17, 15) is 5.26 Å². The van der Waals surface area contributed by atoms with Crippen LogP contribution in [0.4, 0.5) is 0 Å². The Kier molecular flexibility index (Phi) is 3.74. The Bertz CT molecular complexity index is 586. The molecule has 0 aliphatic carbocycles. The van der Waals surface area contributed by atoms with Gasteiger partial charge in [-0.2, -0.15) is 10.5 Å². The number of benzene rings is 2. The van der Waals surface area contributed by atoms with Gasteiger partial charge < -0.3 is 0 Å². The molecule has 2 aromatic rings. The average molecular weight is 232 g/mol. The van der Waals surface area contributed by atoms with Gasteiger partial charge in [-0.25, -0.2) is 0 Å². The fraction of sp³-hybridized carbons (Fsp3) is 0.125. The third-order valence-electron chi connectivity index (χ3n) is 2.88. The van der Waals surface area contributed by atoms with Crippen molar-refractivity contribution in [3.8, 4) is 12.1 Å². The summed E-state index contributed by atoms with van der Waals surface area (Å²) in [5, 5.41) is 18.0. The van der Waals surface area contributed by atoms with Crippen LogP contribution in [0.1, 0.15) is 22.6 Å². The molecule has 0 N–H and O–H groups in total. The molecule has 2 aromatic carbocycles. The molecule has 2 heteroatoms. The van der Waals surface area contributed by atoms with E-state index in [-0.39, 0.29) is 5.92 Å². The smallest absolute Gasteiger partial charge is 0.0991 e. The van der Waals surface area contributed by atoms with Gasteiger partial charge in [-0.05, 0) is 29.7 Å². The highest BCUT2D eigenvalue weighted by Gasteiger charge is 2.10. The maximum absolute atomic E-state index is 9.24. The molecule has 18 heavy (non-hydrogen) atoms. The fourth-order valence-electron chi connectivity index (χ4n) is 1.87. The van der Waals surface area contributed by atoms with Crippen molar-refractivity contribution >= 4 is 0 Å². The summed E-state index contributed by atoms with van der Waals surface area (Å²) in [7, 11) is 0. The molecule has 0 aliphatic rings. The van der Waals surface area contributed by atoms with Crippen LogP contribution in [0, 0.1) is 22.7 Å². The average Bonchev–Trinajstić information content (AvgIpc) is 2.46. The molecular weight excluding hydrogens is 220 g/mol. The maximum atomic E-state index is 9.24. The predicted octanol–water partition coefficient (Wildman–Crippen LogP) is 3.41. The number of hydrogen-bond donors (Lipinski definition) is 0. The van der Waals surface area contributed by atoms with Crippen LogP contribution < -0.4 is 0 Å². The van der Waals surface area contributed by atoms with Crippen molar-refractivity contribution in [1.29, 1.82) is 10.5 Å². The minimum atomic E-state index is -0.140. The minimum Gasteiger partial charge on any atom is -0.198 e. The van der Waals surface area contributed by atoms with Crippen molar-refractivity contribution in [2.45, 2.75) is 12.3 Å². The van der Waals surface area contributed by atoms with Crippen LogP contribution in [-0.2, 0) is 6.42 Å². The second-order valence-corrected chi connectivity index (χ2v) is 4.11. The van der Waals surface area contributed by atoms with Gasteiger partial charge in [0.25, 0.3) is 0 Å². The highest BCUT2D eigenvalue weighted by Crippen LogP contribution is 2.20. The lowest BCUT2D eigenvalue weighted by atomic mass is 9.93. The third-order valence-corrected chi connectivity index (χ3v) is 2.88. The highest BCUT2D eigenvalue weighted by molar-refractivity contribution is 5.34. The number of hydrogen-bond acceptors (Lipinski definition) is 2. The van der Waals surface area contributed by atoms with Crippen LogP contribution in [0.2, 0.25) is 0 Å². The standard InChI is InChI=1S/C16H12N2/c17-11-14-8-6-13(7-9-14)10-16(12-18)15-4-2-1-3-5-15/h1-9,16H,10H2/t16-/m0/s1. The Morgan fingerprint density at radius 1 is 0.889 bits per heavy atom. The highest BCUT2D eigenvalue weighted by atomic mass is 14.3. The van der Waals surface area contributed by atoms with Crippen LogP contribution in [0.5, 0.6) is 0 Å². The summed E-state index contributed by atoms with van der Waals surface area (Å²) in [6, 6.07) is 21.6. The van der Waals surface area contributed by atoms with Crippen LogP contribution >= 0.6 is 0 Å². The molecule has 86 valence electrons. The third kappa shape index (κ3) is 2.75. The Labute approximate surface area is 107 Å². The van der Waals surface area contributed by atoms with E-state index in [4.69, 9.17) is 5.26 Å². The van der Waals surface area contributed by atoms with Crippen LogP contribution in [0.25, 0.3) is 0 Å². The van der Waals surface area contributed by atoms with Crippen LogP contribution in [0.15, 0.2) is 54.6 Å². The maximum Gasteiger partial charge on any atom is 0.0991 e. The lowest BCUT2D eigenvalue weighted by Crippen LogP contribution is -2.00. The number of nitriles is 2. The molecular formula is C16H12N2. The van der Waals surface area contributed by atoms with Crippen molar-refractivity contribution in [2.75, 3.05) is 0 Å². The largest absolute Gasteiger partial charge is 0.198 e. The monoisotopic (exact) mass is 232 g/mol. The molecule has 0 saturated carbocycles. The minimum absolute atomic E-state index is 0.140. The SMILES string of the molecule is N#Cc1ccc(C[C@@H](C#N)c2ccccc2)cc1. The Hall–Kier alpha value is -2.58. The zero-order chi connectivity index (χ0) is 12.8. The quantitative estimate of drug-likeness (QED) is 0.814. The Morgan fingerprint density at radius 3 is 2.11 bits per heavy atom. The van der Waals surface area contributed by atoms with Gasteiger partial charge in [0.2, 0.25) is 0 Å². The van der Waals surface area contributed by atoms with Crippen molar-refractivity contribution in [2.24, 2.45) is 0 Å². The van der Waals surface area contributed by atoms with E-state index < -0.39 is 0 Å². The molecule has 2 nitrogen and oxygen atoms in total. The molecule has 0 unspecified atom stereocenters. The second-order valence-electron chi connectivity index (χ2n) is 4.11. The van der Waals surface area contributed by atoms with Gasteiger partial charge in [0.15, 0.2) is 0 Å². The van der Waals surface area contributed by atoms with Crippen LogP contribution in [0.3, 0.4) is 0 Å². The van der Waals surface area contributed by atoms with E-state index in [1.54, 1.807) is 12.1 Å². The summed E-state index contributed by atoms with van der Waals surface area (Å²) in [5.41, 5.74) is 2.75. The van der Waals surface area contributed by atoms with Gasteiger partial charge in [-0.1, -0.05) is 42.5 Å². The molecule has 0 radical (unpaired) electrons.